The zero-order valence-corrected chi connectivity index (χ0v) is 11.2. The van der Waals surface area contributed by atoms with Gasteiger partial charge in [0.15, 0.2) is 5.13 Å². The molecule has 2 amide bonds. The van der Waals surface area contributed by atoms with E-state index in [0.29, 0.717) is 18.2 Å². The van der Waals surface area contributed by atoms with Crippen LogP contribution in [0.3, 0.4) is 0 Å². The second-order valence-corrected chi connectivity index (χ2v) is 5.69. The molecule has 100 valence electrons. The molecule has 0 saturated carbocycles. The molecule has 3 rings (SSSR count). The van der Waals surface area contributed by atoms with E-state index >= 15 is 0 Å². The number of thiazole rings is 1. The number of hydrogen-bond donors (Lipinski definition) is 2. The van der Waals surface area contributed by atoms with E-state index in [1.54, 1.807) is 4.90 Å². The zero-order valence-electron chi connectivity index (χ0n) is 10.4. The Bertz CT molecular complexity index is 565. The molecular formula is C13H15N3O2S. The molecule has 0 bridgehead atoms. The van der Waals surface area contributed by atoms with E-state index in [1.165, 1.54) is 11.3 Å². The number of carbonyl (C=O) groups excluding carboxylic acids is 1. The van der Waals surface area contributed by atoms with Crippen LogP contribution in [0, 0.1) is 0 Å². The number of aromatic nitrogens is 1. The third kappa shape index (κ3) is 2.69. The van der Waals surface area contributed by atoms with Gasteiger partial charge in [-0.05, 0) is 25.0 Å². The molecule has 0 radical (unpaired) electrons. The van der Waals surface area contributed by atoms with E-state index < -0.39 is 6.10 Å². The molecule has 5 nitrogen and oxygen atoms in total. The SMILES string of the molecule is O=C(Nc1nc2ccccc2s1)N1CCC[C@H](O)C1. The van der Waals surface area contributed by atoms with Gasteiger partial charge in [0.1, 0.15) is 0 Å². The van der Waals surface area contributed by atoms with Crippen molar-refractivity contribution in [2.75, 3.05) is 18.4 Å². The maximum absolute atomic E-state index is 12.1. The van der Waals surface area contributed by atoms with Gasteiger partial charge in [0, 0.05) is 13.1 Å². The first-order chi connectivity index (χ1) is 9.22. The largest absolute Gasteiger partial charge is 0.391 e. The van der Waals surface area contributed by atoms with E-state index in [0.717, 1.165) is 23.1 Å². The van der Waals surface area contributed by atoms with Gasteiger partial charge in [0.05, 0.1) is 16.3 Å². The minimum absolute atomic E-state index is 0.183. The number of para-hydroxylation sites is 1. The van der Waals surface area contributed by atoms with Crippen LogP contribution in [0.25, 0.3) is 10.2 Å². The Labute approximate surface area is 114 Å². The summed E-state index contributed by atoms with van der Waals surface area (Å²) >= 11 is 1.46. The van der Waals surface area contributed by atoms with Crippen molar-refractivity contribution in [1.82, 2.24) is 9.88 Å². The van der Waals surface area contributed by atoms with E-state index in [4.69, 9.17) is 0 Å². The second kappa shape index (κ2) is 5.14. The van der Waals surface area contributed by atoms with Crippen LogP contribution in [0.2, 0.25) is 0 Å². The summed E-state index contributed by atoms with van der Waals surface area (Å²) in [6, 6.07) is 7.60. The number of β-amino-alcohol motifs (C(OH)–C–C–N with tert-alkyl or cyclic N) is 1. The number of aliphatic hydroxyl groups is 1. The van der Waals surface area contributed by atoms with Crippen LogP contribution >= 0.6 is 11.3 Å². The lowest BCUT2D eigenvalue weighted by Gasteiger charge is -2.29. The van der Waals surface area contributed by atoms with E-state index in [9.17, 15) is 9.90 Å². The Morgan fingerprint density at radius 1 is 1.47 bits per heavy atom. The van der Waals surface area contributed by atoms with Crippen molar-refractivity contribution in [3.63, 3.8) is 0 Å². The first-order valence-corrected chi connectivity index (χ1v) is 7.13. The van der Waals surface area contributed by atoms with Crippen molar-refractivity contribution < 1.29 is 9.90 Å². The summed E-state index contributed by atoms with van der Waals surface area (Å²) in [5.41, 5.74) is 0.890. The number of amides is 2. The Morgan fingerprint density at radius 2 is 2.32 bits per heavy atom. The van der Waals surface area contributed by atoms with Crippen molar-refractivity contribution in [3.05, 3.63) is 24.3 Å². The Morgan fingerprint density at radius 3 is 3.11 bits per heavy atom. The molecule has 0 aliphatic carbocycles. The summed E-state index contributed by atoms with van der Waals surface area (Å²) < 4.78 is 1.05. The average Bonchev–Trinajstić information content (AvgIpc) is 2.80. The lowest BCUT2D eigenvalue weighted by molar-refractivity contribution is 0.0883. The average molecular weight is 277 g/mol. The van der Waals surface area contributed by atoms with Crippen LogP contribution in [-0.2, 0) is 0 Å². The standard InChI is InChI=1S/C13H15N3O2S/c17-9-4-3-7-16(8-9)13(18)15-12-14-10-5-1-2-6-11(10)19-12/h1-2,5-6,9,17H,3-4,7-8H2,(H,14,15,18)/t9-/m0/s1. The van der Waals surface area contributed by atoms with Crippen molar-refractivity contribution in [2.24, 2.45) is 0 Å². The van der Waals surface area contributed by atoms with Crippen molar-refractivity contribution >= 4 is 32.7 Å². The fraction of sp³-hybridized carbons (Fsp3) is 0.385. The number of piperidine rings is 1. The molecule has 1 aromatic carbocycles. The number of nitrogens with one attached hydrogen (secondary N) is 1. The third-order valence-corrected chi connectivity index (χ3v) is 4.14. The number of benzene rings is 1. The molecule has 2 heterocycles. The fourth-order valence-electron chi connectivity index (χ4n) is 2.24. The van der Waals surface area contributed by atoms with Gasteiger partial charge in [0.2, 0.25) is 0 Å². The molecular weight excluding hydrogens is 262 g/mol. The highest BCUT2D eigenvalue weighted by molar-refractivity contribution is 7.22. The molecule has 1 aliphatic rings. The van der Waals surface area contributed by atoms with Crippen LogP contribution in [0.4, 0.5) is 9.93 Å². The monoisotopic (exact) mass is 277 g/mol. The van der Waals surface area contributed by atoms with Gasteiger partial charge in [-0.3, -0.25) is 5.32 Å². The molecule has 1 aromatic heterocycles. The summed E-state index contributed by atoms with van der Waals surface area (Å²) in [5.74, 6) is 0. The number of anilines is 1. The number of aliphatic hydroxyl groups excluding tert-OH is 1. The number of hydrogen-bond acceptors (Lipinski definition) is 4. The quantitative estimate of drug-likeness (QED) is 0.840. The Hall–Kier alpha value is -1.66. The predicted octanol–water partition coefficient (Wildman–Crippen LogP) is 2.28. The van der Waals surface area contributed by atoms with Crippen LogP contribution in [0.5, 0.6) is 0 Å². The minimum atomic E-state index is -0.408. The number of nitrogens with zero attached hydrogens (tertiary/aromatic N) is 2. The van der Waals surface area contributed by atoms with E-state index in [2.05, 4.69) is 10.3 Å². The van der Waals surface area contributed by atoms with Crippen molar-refractivity contribution in [1.29, 1.82) is 0 Å². The lowest BCUT2D eigenvalue weighted by atomic mass is 10.1. The summed E-state index contributed by atoms with van der Waals surface area (Å²) in [6.07, 6.45) is 1.20. The third-order valence-electron chi connectivity index (χ3n) is 3.19. The highest BCUT2D eigenvalue weighted by atomic mass is 32.1. The number of rotatable bonds is 1. The van der Waals surface area contributed by atoms with Gasteiger partial charge in [-0.1, -0.05) is 23.5 Å². The Kier molecular flexibility index (Phi) is 3.35. The number of likely N-dealkylation sites (tertiary alicyclic amines) is 1. The van der Waals surface area contributed by atoms with Crippen molar-refractivity contribution in [2.45, 2.75) is 18.9 Å². The first-order valence-electron chi connectivity index (χ1n) is 6.32. The smallest absolute Gasteiger partial charge is 0.323 e. The van der Waals surface area contributed by atoms with Crippen LogP contribution in [-0.4, -0.2) is 40.2 Å². The van der Waals surface area contributed by atoms with Gasteiger partial charge in [-0.2, -0.15) is 0 Å². The summed E-state index contributed by atoms with van der Waals surface area (Å²) in [4.78, 5) is 18.1. The molecule has 1 atom stereocenters. The number of fused-ring (bicyclic) bond motifs is 1. The topological polar surface area (TPSA) is 65.5 Å². The molecule has 2 N–H and O–H groups in total. The van der Waals surface area contributed by atoms with Crippen molar-refractivity contribution in [3.8, 4) is 0 Å². The fourth-order valence-corrected chi connectivity index (χ4v) is 3.09. The summed E-state index contributed by atoms with van der Waals surface area (Å²) in [5, 5.41) is 13.0. The Balaban J connectivity index is 1.71. The predicted molar refractivity (Wildman–Crippen MR) is 75.5 cm³/mol. The van der Waals surface area contributed by atoms with Crippen LogP contribution < -0.4 is 5.32 Å². The normalized spacial score (nSPS) is 19.6. The molecule has 1 aliphatic heterocycles. The maximum Gasteiger partial charge on any atom is 0.323 e. The maximum atomic E-state index is 12.1. The number of carbonyl (C=O) groups is 1. The second-order valence-electron chi connectivity index (χ2n) is 4.66. The van der Waals surface area contributed by atoms with Crippen LogP contribution in [0.15, 0.2) is 24.3 Å². The lowest BCUT2D eigenvalue weighted by Crippen LogP contribution is -2.44. The molecule has 0 unspecified atom stereocenters. The summed E-state index contributed by atoms with van der Waals surface area (Å²) in [7, 11) is 0. The minimum Gasteiger partial charge on any atom is -0.391 e. The van der Waals surface area contributed by atoms with Crippen LogP contribution in [0.1, 0.15) is 12.8 Å². The number of urea groups is 1. The van der Waals surface area contributed by atoms with Gasteiger partial charge in [-0.25, -0.2) is 9.78 Å². The molecule has 0 spiro atoms. The molecule has 1 saturated heterocycles. The highest BCUT2D eigenvalue weighted by Crippen LogP contribution is 2.25. The van der Waals surface area contributed by atoms with Gasteiger partial charge in [0.25, 0.3) is 0 Å². The molecule has 6 heteroatoms. The van der Waals surface area contributed by atoms with Gasteiger partial charge in [-0.15, -0.1) is 0 Å². The molecule has 1 fully saturated rings. The summed E-state index contributed by atoms with van der Waals surface area (Å²) in [6.45, 7) is 1.09. The highest BCUT2D eigenvalue weighted by Gasteiger charge is 2.22. The first kappa shape index (κ1) is 12.4. The van der Waals surface area contributed by atoms with E-state index in [1.807, 2.05) is 24.3 Å². The van der Waals surface area contributed by atoms with E-state index in [-0.39, 0.29) is 6.03 Å². The van der Waals surface area contributed by atoms with Gasteiger partial charge < -0.3 is 10.0 Å². The molecule has 2 aromatic rings. The van der Waals surface area contributed by atoms with Gasteiger partial charge >= 0.3 is 6.03 Å². The molecule has 19 heavy (non-hydrogen) atoms. The zero-order chi connectivity index (χ0) is 13.2.